The summed E-state index contributed by atoms with van der Waals surface area (Å²) in [6, 6.07) is 5.77. The average Bonchev–Trinajstić information content (AvgIpc) is 2.35. The Morgan fingerprint density at radius 3 is 2.74 bits per heavy atom. The van der Waals surface area contributed by atoms with Gasteiger partial charge in [0.1, 0.15) is 5.75 Å². The number of ether oxygens (including phenoxy) is 1. The van der Waals surface area contributed by atoms with Gasteiger partial charge in [-0.3, -0.25) is 4.79 Å². The molecule has 0 bridgehead atoms. The van der Waals surface area contributed by atoms with E-state index >= 15 is 0 Å². The van der Waals surface area contributed by atoms with Gasteiger partial charge in [0.05, 0.1) is 12.6 Å². The van der Waals surface area contributed by atoms with Crippen LogP contribution in [0.2, 0.25) is 0 Å². The van der Waals surface area contributed by atoms with Crippen LogP contribution in [0.5, 0.6) is 5.75 Å². The van der Waals surface area contributed by atoms with Gasteiger partial charge in [-0.15, -0.1) is 0 Å². The van der Waals surface area contributed by atoms with Gasteiger partial charge in [-0.2, -0.15) is 0 Å². The van der Waals surface area contributed by atoms with Gasteiger partial charge >= 0.3 is 0 Å². The molecule has 19 heavy (non-hydrogen) atoms. The van der Waals surface area contributed by atoms with E-state index in [1.165, 1.54) is 0 Å². The Hall–Kier alpha value is -1.07. The van der Waals surface area contributed by atoms with Crippen LogP contribution >= 0.6 is 15.9 Å². The Morgan fingerprint density at radius 2 is 2.21 bits per heavy atom. The zero-order valence-electron chi connectivity index (χ0n) is 11.3. The molecule has 0 aromatic heterocycles. The van der Waals surface area contributed by atoms with Gasteiger partial charge in [-0.25, -0.2) is 0 Å². The molecular formula is C14H19BrN2O2. The van der Waals surface area contributed by atoms with Crippen LogP contribution in [0.15, 0.2) is 22.7 Å². The van der Waals surface area contributed by atoms with E-state index in [9.17, 15) is 4.79 Å². The SMILES string of the molecule is COc1ccc(Br)cc1CN(C)C(=O)C1(N)CCC1. The van der Waals surface area contributed by atoms with Crippen LogP contribution < -0.4 is 10.5 Å². The highest BCUT2D eigenvalue weighted by Gasteiger charge is 2.41. The quantitative estimate of drug-likeness (QED) is 0.923. The highest BCUT2D eigenvalue weighted by Crippen LogP contribution is 2.32. The van der Waals surface area contributed by atoms with Crippen LogP contribution in [0, 0.1) is 0 Å². The van der Waals surface area contributed by atoms with Crippen molar-refractivity contribution in [2.75, 3.05) is 14.2 Å². The van der Waals surface area contributed by atoms with Crippen molar-refractivity contribution in [2.45, 2.75) is 31.3 Å². The number of nitrogens with zero attached hydrogens (tertiary/aromatic N) is 1. The van der Waals surface area contributed by atoms with E-state index < -0.39 is 5.54 Å². The molecule has 0 heterocycles. The topological polar surface area (TPSA) is 55.6 Å². The summed E-state index contributed by atoms with van der Waals surface area (Å²) in [6.45, 7) is 0.500. The minimum absolute atomic E-state index is 0.0146. The lowest BCUT2D eigenvalue weighted by molar-refractivity contribution is -0.139. The lowest BCUT2D eigenvalue weighted by Crippen LogP contribution is -2.58. The molecule has 1 aromatic rings. The van der Waals surface area contributed by atoms with E-state index in [0.717, 1.165) is 35.0 Å². The van der Waals surface area contributed by atoms with Crippen LogP contribution in [0.25, 0.3) is 0 Å². The zero-order valence-corrected chi connectivity index (χ0v) is 12.9. The summed E-state index contributed by atoms with van der Waals surface area (Å²) >= 11 is 3.43. The second-order valence-electron chi connectivity index (χ2n) is 5.13. The van der Waals surface area contributed by atoms with Crippen LogP contribution in [-0.4, -0.2) is 30.5 Å². The molecule has 1 saturated carbocycles. The minimum Gasteiger partial charge on any atom is -0.496 e. The fourth-order valence-corrected chi connectivity index (χ4v) is 2.76. The maximum Gasteiger partial charge on any atom is 0.242 e. The third-order valence-corrected chi connectivity index (χ3v) is 4.16. The van der Waals surface area contributed by atoms with E-state index in [0.29, 0.717) is 6.54 Å². The molecule has 1 aromatic carbocycles. The second-order valence-corrected chi connectivity index (χ2v) is 6.04. The largest absolute Gasteiger partial charge is 0.496 e. The van der Waals surface area contributed by atoms with Crippen molar-refractivity contribution in [2.24, 2.45) is 5.73 Å². The molecule has 1 amide bonds. The van der Waals surface area contributed by atoms with Crippen LogP contribution in [0.3, 0.4) is 0 Å². The Balaban J connectivity index is 2.12. The van der Waals surface area contributed by atoms with Crippen LogP contribution in [-0.2, 0) is 11.3 Å². The summed E-state index contributed by atoms with van der Waals surface area (Å²) in [4.78, 5) is 14.0. The summed E-state index contributed by atoms with van der Waals surface area (Å²) in [5.74, 6) is 0.795. The fourth-order valence-electron chi connectivity index (χ4n) is 2.35. The molecule has 1 aliphatic rings. The maximum absolute atomic E-state index is 12.3. The maximum atomic E-state index is 12.3. The highest BCUT2D eigenvalue weighted by molar-refractivity contribution is 9.10. The smallest absolute Gasteiger partial charge is 0.242 e. The predicted octanol–water partition coefficient (Wildman–Crippen LogP) is 2.30. The Kier molecular flexibility index (Phi) is 4.16. The fraction of sp³-hybridized carbons (Fsp3) is 0.500. The second kappa shape index (κ2) is 5.51. The number of halogens is 1. The van der Waals surface area contributed by atoms with Gasteiger partial charge in [-0.05, 0) is 37.5 Å². The first-order valence-corrected chi connectivity index (χ1v) is 7.12. The number of amides is 1. The number of nitrogens with two attached hydrogens (primary N) is 1. The Bertz CT molecular complexity index is 486. The van der Waals surface area contributed by atoms with Crippen molar-refractivity contribution in [3.05, 3.63) is 28.2 Å². The van der Waals surface area contributed by atoms with Gasteiger partial charge in [0.15, 0.2) is 0 Å². The third-order valence-electron chi connectivity index (χ3n) is 3.67. The van der Waals surface area contributed by atoms with Crippen LogP contribution in [0.4, 0.5) is 0 Å². The van der Waals surface area contributed by atoms with E-state index in [1.54, 1.807) is 19.1 Å². The van der Waals surface area contributed by atoms with Gasteiger partial charge in [-0.1, -0.05) is 15.9 Å². The van der Waals surface area contributed by atoms with Crippen LogP contribution in [0.1, 0.15) is 24.8 Å². The van der Waals surface area contributed by atoms with Gasteiger partial charge in [0.25, 0.3) is 0 Å². The van der Waals surface area contributed by atoms with Crippen molar-refractivity contribution >= 4 is 21.8 Å². The highest BCUT2D eigenvalue weighted by atomic mass is 79.9. The number of carbonyl (C=O) groups excluding carboxylic acids is 1. The van der Waals surface area contributed by atoms with Crippen molar-refractivity contribution in [1.82, 2.24) is 4.90 Å². The molecule has 0 atom stereocenters. The Labute approximate surface area is 122 Å². The monoisotopic (exact) mass is 326 g/mol. The molecule has 1 fully saturated rings. The number of likely N-dealkylation sites (N-methyl/N-ethyl adjacent to an activating group) is 1. The van der Waals surface area contributed by atoms with Crippen molar-refractivity contribution in [1.29, 1.82) is 0 Å². The number of methoxy groups -OCH3 is 1. The lowest BCUT2D eigenvalue weighted by atomic mass is 9.76. The van der Waals surface area contributed by atoms with E-state index in [4.69, 9.17) is 10.5 Å². The molecular weight excluding hydrogens is 308 g/mol. The molecule has 0 spiro atoms. The molecule has 104 valence electrons. The molecule has 2 N–H and O–H groups in total. The number of hydrogen-bond acceptors (Lipinski definition) is 3. The summed E-state index contributed by atoms with van der Waals surface area (Å²) in [5, 5.41) is 0. The normalized spacial score (nSPS) is 16.6. The number of hydrogen-bond donors (Lipinski definition) is 1. The van der Waals surface area contributed by atoms with Crippen molar-refractivity contribution in [3.8, 4) is 5.75 Å². The zero-order chi connectivity index (χ0) is 14.0. The van der Waals surface area contributed by atoms with E-state index in [-0.39, 0.29) is 5.91 Å². The summed E-state index contributed by atoms with van der Waals surface area (Å²) in [7, 11) is 3.42. The third kappa shape index (κ3) is 2.92. The predicted molar refractivity (Wildman–Crippen MR) is 77.9 cm³/mol. The molecule has 5 heteroatoms. The standard InChI is InChI=1S/C14H19BrN2O2/c1-17(13(18)14(16)6-3-7-14)9-10-8-11(15)4-5-12(10)19-2/h4-5,8H,3,6-7,9,16H2,1-2H3. The summed E-state index contributed by atoms with van der Waals surface area (Å²) < 4.78 is 6.28. The molecule has 0 unspecified atom stereocenters. The minimum atomic E-state index is -0.645. The number of carbonyl (C=O) groups is 1. The molecule has 0 saturated heterocycles. The number of benzene rings is 1. The molecule has 2 rings (SSSR count). The van der Waals surface area contributed by atoms with E-state index in [2.05, 4.69) is 15.9 Å². The first kappa shape index (κ1) is 14.3. The first-order valence-electron chi connectivity index (χ1n) is 6.33. The van der Waals surface area contributed by atoms with Gasteiger partial charge < -0.3 is 15.4 Å². The first-order chi connectivity index (χ1) is 8.96. The lowest BCUT2D eigenvalue weighted by Gasteiger charge is -2.39. The number of rotatable bonds is 4. The van der Waals surface area contributed by atoms with E-state index in [1.807, 2.05) is 18.2 Å². The summed E-state index contributed by atoms with van der Waals surface area (Å²) in [6.07, 6.45) is 2.61. The van der Waals surface area contributed by atoms with Crippen molar-refractivity contribution in [3.63, 3.8) is 0 Å². The Morgan fingerprint density at radius 1 is 1.53 bits per heavy atom. The van der Waals surface area contributed by atoms with Gasteiger partial charge in [0, 0.05) is 23.6 Å². The molecule has 0 aliphatic heterocycles. The van der Waals surface area contributed by atoms with Gasteiger partial charge in [0.2, 0.25) is 5.91 Å². The average molecular weight is 327 g/mol. The molecule has 1 aliphatic carbocycles. The molecule has 0 radical (unpaired) electrons. The summed E-state index contributed by atoms with van der Waals surface area (Å²) in [5.41, 5.74) is 6.39. The van der Waals surface area contributed by atoms with Crippen molar-refractivity contribution < 1.29 is 9.53 Å². The molecule has 4 nitrogen and oxygen atoms in total.